The van der Waals surface area contributed by atoms with Gasteiger partial charge in [-0.15, -0.1) is 0 Å². The highest BCUT2D eigenvalue weighted by atomic mass is 15.1. The SMILES string of the molecule is CC.CN1CCc2c([nH]c3ccccc23)C1. The lowest BCUT2D eigenvalue weighted by atomic mass is 10.0. The summed E-state index contributed by atoms with van der Waals surface area (Å²) in [6.45, 7) is 6.23. The summed E-state index contributed by atoms with van der Waals surface area (Å²) < 4.78 is 0. The third-order valence-corrected chi connectivity index (χ3v) is 3.07. The minimum absolute atomic E-state index is 1.06. The van der Waals surface area contributed by atoms with Crippen molar-refractivity contribution in [3.8, 4) is 0 Å². The molecule has 1 aromatic carbocycles. The zero-order chi connectivity index (χ0) is 11.5. The summed E-state index contributed by atoms with van der Waals surface area (Å²) >= 11 is 0. The molecule has 0 fully saturated rings. The molecule has 1 N–H and O–H groups in total. The van der Waals surface area contributed by atoms with Crippen molar-refractivity contribution in [1.82, 2.24) is 9.88 Å². The summed E-state index contributed by atoms with van der Waals surface area (Å²) in [6.07, 6.45) is 1.18. The molecule has 0 radical (unpaired) electrons. The molecule has 0 atom stereocenters. The van der Waals surface area contributed by atoms with Gasteiger partial charge >= 0.3 is 0 Å². The van der Waals surface area contributed by atoms with Gasteiger partial charge in [0.25, 0.3) is 0 Å². The van der Waals surface area contributed by atoms with Gasteiger partial charge in [0.15, 0.2) is 0 Å². The second kappa shape index (κ2) is 4.71. The molecule has 1 aromatic heterocycles. The van der Waals surface area contributed by atoms with Gasteiger partial charge in [0.2, 0.25) is 0 Å². The van der Waals surface area contributed by atoms with E-state index in [0.29, 0.717) is 0 Å². The predicted molar refractivity (Wildman–Crippen MR) is 69.7 cm³/mol. The quantitative estimate of drug-likeness (QED) is 0.716. The molecule has 16 heavy (non-hydrogen) atoms. The number of benzene rings is 1. The fourth-order valence-corrected chi connectivity index (χ4v) is 2.33. The van der Waals surface area contributed by atoms with Crippen LogP contribution in [0.1, 0.15) is 25.1 Å². The van der Waals surface area contributed by atoms with Crippen molar-refractivity contribution < 1.29 is 0 Å². The van der Waals surface area contributed by atoms with Gasteiger partial charge in [-0.05, 0) is 25.1 Å². The topological polar surface area (TPSA) is 19.0 Å². The maximum absolute atomic E-state index is 3.50. The first kappa shape index (κ1) is 11.2. The molecule has 0 saturated heterocycles. The molecule has 2 nitrogen and oxygen atoms in total. The van der Waals surface area contributed by atoms with Gasteiger partial charge < -0.3 is 9.88 Å². The van der Waals surface area contributed by atoms with Crippen LogP contribution in [0, 0.1) is 0 Å². The Hall–Kier alpha value is -1.28. The Morgan fingerprint density at radius 2 is 1.94 bits per heavy atom. The van der Waals surface area contributed by atoms with Gasteiger partial charge in [0.05, 0.1) is 0 Å². The molecule has 0 unspecified atom stereocenters. The fourth-order valence-electron chi connectivity index (χ4n) is 2.33. The van der Waals surface area contributed by atoms with E-state index >= 15 is 0 Å². The number of nitrogens with one attached hydrogen (secondary N) is 1. The molecular formula is C14H20N2. The molecule has 86 valence electrons. The van der Waals surface area contributed by atoms with E-state index < -0.39 is 0 Å². The Kier molecular flexibility index (Phi) is 3.30. The van der Waals surface area contributed by atoms with Crippen LogP contribution in [0.5, 0.6) is 0 Å². The first-order valence-electron chi connectivity index (χ1n) is 6.11. The highest BCUT2D eigenvalue weighted by Crippen LogP contribution is 2.26. The fraction of sp³-hybridized carbons (Fsp3) is 0.429. The van der Waals surface area contributed by atoms with Gasteiger partial charge in [0.1, 0.15) is 0 Å². The molecule has 0 bridgehead atoms. The van der Waals surface area contributed by atoms with Crippen LogP contribution < -0.4 is 0 Å². The highest BCUT2D eigenvalue weighted by molar-refractivity contribution is 5.84. The summed E-state index contributed by atoms with van der Waals surface area (Å²) in [5.74, 6) is 0. The standard InChI is InChI=1S/C12H14N2.C2H6/c1-14-7-6-10-9-4-2-3-5-11(9)13-12(10)8-14;1-2/h2-5,13H,6-8H2,1H3;1-2H3. The average Bonchev–Trinajstić information content (AvgIpc) is 2.68. The monoisotopic (exact) mass is 216 g/mol. The number of rotatable bonds is 0. The van der Waals surface area contributed by atoms with Crippen LogP contribution in [0.15, 0.2) is 24.3 Å². The number of aromatic nitrogens is 1. The van der Waals surface area contributed by atoms with E-state index in [1.807, 2.05) is 13.8 Å². The Bertz CT molecular complexity index is 471. The molecule has 2 heterocycles. The Morgan fingerprint density at radius 1 is 1.19 bits per heavy atom. The smallest absolute Gasteiger partial charge is 0.0459 e. The molecule has 2 heteroatoms. The van der Waals surface area contributed by atoms with E-state index in [4.69, 9.17) is 0 Å². The second-order valence-corrected chi connectivity index (χ2v) is 4.12. The van der Waals surface area contributed by atoms with Crippen LogP contribution in [0.25, 0.3) is 10.9 Å². The number of H-pyrrole nitrogens is 1. The summed E-state index contributed by atoms with van der Waals surface area (Å²) in [4.78, 5) is 5.86. The summed E-state index contributed by atoms with van der Waals surface area (Å²) in [7, 11) is 2.18. The molecule has 1 aliphatic heterocycles. The molecule has 3 rings (SSSR count). The van der Waals surface area contributed by atoms with E-state index in [2.05, 4.69) is 41.2 Å². The first-order valence-corrected chi connectivity index (χ1v) is 6.11. The lowest BCUT2D eigenvalue weighted by Gasteiger charge is -2.22. The van der Waals surface area contributed by atoms with Crippen molar-refractivity contribution in [3.05, 3.63) is 35.5 Å². The number of fused-ring (bicyclic) bond motifs is 3. The number of aromatic amines is 1. The van der Waals surface area contributed by atoms with Crippen LogP contribution in [-0.2, 0) is 13.0 Å². The van der Waals surface area contributed by atoms with E-state index in [1.165, 1.54) is 35.1 Å². The van der Waals surface area contributed by atoms with Crippen molar-refractivity contribution in [2.24, 2.45) is 0 Å². The molecule has 2 aromatic rings. The van der Waals surface area contributed by atoms with Gasteiger partial charge in [-0.1, -0.05) is 32.0 Å². The van der Waals surface area contributed by atoms with Crippen molar-refractivity contribution >= 4 is 10.9 Å². The van der Waals surface area contributed by atoms with Crippen LogP contribution >= 0.6 is 0 Å². The number of para-hydroxylation sites is 1. The number of nitrogens with zero attached hydrogens (tertiary/aromatic N) is 1. The highest BCUT2D eigenvalue weighted by Gasteiger charge is 2.17. The Balaban J connectivity index is 0.000000457. The molecule has 0 spiro atoms. The summed E-state index contributed by atoms with van der Waals surface area (Å²) in [6, 6.07) is 8.59. The number of likely N-dealkylation sites (N-methyl/N-ethyl adjacent to an activating group) is 1. The van der Waals surface area contributed by atoms with E-state index in [0.717, 1.165) is 6.54 Å². The maximum atomic E-state index is 3.50. The minimum Gasteiger partial charge on any atom is -0.357 e. The molecule has 0 amide bonds. The zero-order valence-electron chi connectivity index (χ0n) is 10.4. The molecular weight excluding hydrogens is 196 g/mol. The number of hydrogen-bond acceptors (Lipinski definition) is 1. The van der Waals surface area contributed by atoms with Crippen molar-refractivity contribution in [2.45, 2.75) is 26.8 Å². The van der Waals surface area contributed by atoms with Gasteiger partial charge in [-0.3, -0.25) is 0 Å². The predicted octanol–water partition coefficient (Wildman–Crippen LogP) is 3.18. The normalized spacial score (nSPS) is 15.4. The van der Waals surface area contributed by atoms with Gasteiger partial charge in [0, 0.05) is 29.7 Å². The largest absolute Gasteiger partial charge is 0.357 e. The van der Waals surface area contributed by atoms with E-state index in [1.54, 1.807) is 0 Å². The van der Waals surface area contributed by atoms with Crippen LogP contribution in [0.3, 0.4) is 0 Å². The third kappa shape index (κ3) is 1.85. The van der Waals surface area contributed by atoms with Crippen molar-refractivity contribution in [3.63, 3.8) is 0 Å². The van der Waals surface area contributed by atoms with Crippen LogP contribution in [0.4, 0.5) is 0 Å². The summed E-state index contributed by atoms with van der Waals surface area (Å²) in [5, 5.41) is 1.41. The molecule has 0 saturated carbocycles. The lowest BCUT2D eigenvalue weighted by molar-refractivity contribution is 0.310. The zero-order valence-corrected chi connectivity index (χ0v) is 10.4. The third-order valence-electron chi connectivity index (χ3n) is 3.07. The average molecular weight is 216 g/mol. The summed E-state index contributed by atoms with van der Waals surface area (Å²) in [5.41, 5.74) is 4.21. The number of hydrogen-bond donors (Lipinski definition) is 1. The molecule has 1 aliphatic rings. The maximum Gasteiger partial charge on any atom is 0.0459 e. The van der Waals surface area contributed by atoms with Crippen molar-refractivity contribution in [1.29, 1.82) is 0 Å². The van der Waals surface area contributed by atoms with Crippen molar-refractivity contribution in [2.75, 3.05) is 13.6 Å². The molecule has 0 aliphatic carbocycles. The first-order chi connectivity index (χ1) is 7.84. The van der Waals surface area contributed by atoms with E-state index in [9.17, 15) is 0 Å². The van der Waals surface area contributed by atoms with E-state index in [-0.39, 0.29) is 0 Å². The Labute approximate surface area is 97.3 Å². The van der Waals surface area contributed by atoms with Crippen LogP contribution in [0.2, 0.25) is 0 Å². The minimum atomic E-state index is 1.06. The van der Waals surface area contributed by atoms with Gasteiger partial charge in [-0.2, -0.15) is 0 Å². The lowest BCUT2D eigenvalue weighted by Crippen LogP contribution is -2.26. The van der Waals surface area contributed by atoms with Crippen LogP contribution in [-0.4, -0.2) is 23.5 Å². The Morgan fingerprint density at radius 3 is 2.75 bits per heavy atom. The van der Waals surface area contributed by atoms with Gasteiger partial charge in [-0.25, -0.2) is 0 Å². The second-order valence-electron chi connectivity index (χ2n) is 4.12.